The third-order valence-electron chi connectivity index (χ3n) is 3.32. The predicted octanol–water partition coefficient (Wildman–Crippen LogP) is 5.54. The fourth-order valence-electron chi connectivity index (χ4n) is 2.17. The molecule has 2 rings (SSSR count). The summed E-state index contributed by atoms with van der Waals surface area (Å²) in [5.41, 5.74) is 1.98. The van der Waals surface area contributed by atoms with Crippen molar-refractivity contribution in [2.75, 3.05) is 0 Å². The zero-order valence-corrected chi connectivity index (χ0v) is 12.8. The Morgan fingerprint density at radius 2 is 1.60 bits per heavy atom. The summed E-state index contributed by atoms with van der Waals surface area (Å²) < 4.78 is 12.9. The highest BCUT2D eigenvalue weighted by Crippen LogP contribution is 2.31. The number of hydrogen-bond donors (Lipinski definition) is 1. The summed E-state index contributed by atoms with van der Waals surface area (Å²) in [7, 11) is 0. The highest BCUT2D eigenvalue weighted by atomic mass is 35.5. The molecule has 1 N–H and O–H groups in total. The summed E-state index contributed by atoms with van der Waals surface area (Å²) in [6.07, 6.45) is 0. The zero-order chi connectivity index (χ0) is 14.7. The first-order valence-electron chi connectivity index (χ1n) is 6.44. The quantitative estimate of drug-likeness (QED) is 0.781. The molecule has 20 heavy (non-hydrogen) atoms. The number of rotatable bonds is 4. The Kier molecular flexibility index (Phi) is 5.03. The van der Waals surface area contributed by atoms with Crippen molar-refractivity contribution in [3.05, 3.63) is 69.5 Å². The van der Waals surface area contributed by atoms with E-state index in [-0.39, 0.29) is 17.9 Å². The lowest BCUT2D eigenvalue weighted by Gasteiger charge is -2.22. The van der Waals surface area contributed by atoms with Crippen molar-refractivity contribution in [3.8, 4) is 0 Å². The lowest BCUT2D eigenvalue weighted by molar-refractivity contribution is 0.494. The molecule has 0 aliphatic carbocycles. The Labute approximate surface area is 128 Å². The molecule has 2 aromatic rings. The van der Waals surface area contributed by atoms with Crippen LogP contribution in [0.15, 0.2) is 42.5 Å². The van der Waals surface area contributed by atoms with Crippen LogP contribution in [-0.4, -0.2) is 0 Å². The van der Waals surface area contributed by atoms with E-state index in [1.54, 1.807) is 18.2 Å². The van der Waals surface area contributed by atoms with E-state index in [2.05, 4.69) is 5.32 Å². The van der Waals surface area contributed by atoms with E-state index in [1.165, 1.54) is 12.1 Å². The van der Waals surface area contributed by atoms with Gasteiger partial charge in [-0.15, -0.1) is 0 Å². The lowest BCUT2D eigenvalue weighted by Crippen LogP contribution is -2.22. The van der Waals surface area contributed by atoms with Crippen molar-refractivity contribution >= 4 is 23.2 Å². The first-order valence-corrected chi connectivity index (χ1v) is 7.20. The topological polar surface area (TPSA) is 12.0 Å². The van der Waals surface area contributed by atoms with Crippen molar-refractivity contribution in [2.24, 2.45) is 0 Å². The maximum absolute atomic E-state index is 12.9. The van der Waals surface area contributed by atoms with E-state index < -0.39 is 0 Å². The molecule has 0 saturated heterocycles. The average molecular weight is 312 g/mol. The van der Waals surface area contributed by atoms with Crippen LogP contribution in [0, 0.1) is 5.82 Å². The number of nitrogens with one attached hydrogen (secondary N) is 1. The predicted molar refractivity (Wildman–Crippen MR) is 82.8 cm³/mol. The van der Waals surface area contributed by atoms with E-state index in [0.29, 0.717) is 10.0 Å². The third kappa shape index (κ3) is 3.51. The number of halogens is 3. The summed E-state index contributed by atoms with van der Waals surface area (Å²) in [6, 6.07) is 12.2. The number of hydrogen-bond acceptors (Lipinski definition) is 1. The van der Waals surface area contributed by atoms with Crippen molar-refractivity contribution in [1.29, 1.82) is 0 Å². The van der Waals surface area contributed by atoms with Crippen LogP contribution in [0.5, 0.6) is 0 Å². The highest BCUT2D eigenvalue weighted by molar-refractivity contribution is 6.42. The van der Waals surface area contributed by atoms with Gasteiger partial charge in [0.05, 0.1) is 10.0 Å². The Morgan fingerprint density at radius 1 is 0.950 bits per heavy atom. The van der Waals surface area contributed by atoms with Crippen molar-refractivity contribution in [3.63, 3.8) is 0 Å². The molecule has 0 saturated carbocycles. The minimum absolute atomic E-state index is 0.0428. The van der Waals surface area contributed by atoms with Gasteiger partial charge >= 0.3 is 0 Å². The normalized spacial score (nSPS) is 14.1. The highest BCUT2D eigenvalue weighted by Gasteiger charge is 2.15. The van der Waals surface area contributed by atoms with E-state index >= 15 is 0 Å². The van der Waals surface area contributed by atoms with Gasteiger partial charge in [-0.3, -0.25) is 0 Å². The van der Waals surface area contributed by atoms with Crippen LogP contribution in [0.1, 0.15) is 37.1 Å². The molecule has 2 atom stereocenters. The standard InChI is InChI=1S/C16H16Cl2FN/c1-10(12-6-8-13(19)9-7-12)20-11(2)14-4-3-5-15(17)16(14)18/h3-11,20H,1-2H3/t10-,11?/m0/s1. The molecule has 0 spiro atoms. The molecule has 0 radical (unpaired) electrons. The van der Waals surface area contributed by atoms with E-state index in [1.807, 2.05) is 26.0 Å². The Hall–Kier alpha value is -1.09. The Bertz CT molecular complexity index is 584. The van der Waals surface area contributed by atoms with E-state index in [4.69, 9.17) is 23.2 Å². The molecule has 0 heterocycles. The van der Waals surface area contributed by atoms with E-state index in [0.717, 1.165) is 11.1 Å². The summed E-state index contributed by atoms with van der Waals surface area (Å²) >= 11 is 12.2. The molecule has 1 nitrogen and oxygen atoms in total. The van der Waals surface area contributed by atoms with Crippen molar-refractivity contribution in [2.45, 2.75) is 25.9 Å². The Balaban J connectivity index is 2.13. The second kappa shape index (κ2) is 6.57. The van der Waals surface area contributed by atoms with Crippen molar-refractivity contribution < 1.29 is 4.39 Å². The molecule has 2 aromatic carbocycles. The van der Waals surface area contributed by atoms with Crippen LogP contribution in [0.25, 0.3) is 0 Å². The maximum atomic E-state index is 12.9. The molecular weight excluding hydrogens is 296 g/mol. The van der Waals surface area contributed by atoms with Crippen LogP contribution in [-0.2, 0) is 0 Å². The molecule has 4 heteroatoms. The van der Waals surface area contributed by atoms with Crippen molar-refractivity contribution in [1.82, 2.24) is 5.32 Å². The van der Waals surface area contributed by atoms with Gasteiger partial charge in [0.15, 0.2) is 0 Å². The summed E-state index contributed by atoms with van der Waals surface area (Å²) in [5.74, 6) is -0.230. The van der Waals surface area contributed by atoms with E-state index in [9.17, 15) is 4.39 Å². The van der Waals surface area contributed by atoms with Gasteiger partial charge < -0.3 is 5.32 Å². The summed E-state index contributed by atoms with van der Waals surface area (Å²) in [5, 5.41) is 4.55. The van der Waals surface area contributed by atoms with Gasteiger partial charge in [0, 0.05) is 12.1 Å². The number of benzene rings is 2. The molecule has 0 aliphatic rings. The molecule has 1 unspecified atom stereocenters. The van der Waals surface area contributed by atoms with Crippen LogP contribution >= 0.6 is 23.2 Å². The minimum atomic E-state index is -0.230. The first kappa shape index (κ1) is 15.3. The molecule has 0 fully saturated rings. The molecule has 0 bridgehead atoms. The zero-order valence-electron chi connectivity index (χ0n) is 11.3. The van der Waals surface area contributed by atoms with Crippen LogP contribution < -0.4 is 5.32 Å². The largest absolute Gasteiger partial charge is 0.304 e. The molecule has 106 valence electrons. The fourth-order valence-corrected chi connectivity index (χ4v) is 2.64. The van der Waals surface area contributed by atoms with Gasteiger partial charge in [-0.1, -0.05) is 47.5 Å². The van der Waals surface area contributed by atoms with Crippen LogP contribution in [0.2, 0.25) is 10.0 Å². The molecule has 0 aromatic heterocycles. The molecule has 0 aliphatic heterocycles. The summed E-state index contributed by atoms with van der Waals surface area (Å²) in [6.45, 7) is 4.06. The molecule has 0 amide bonds. The van der Waals surface area contributed by atoms with Crippen LogP contribution in [0.4, 0.5) is 4.39 Å². The average Bonchev–Trinajstić information content (AvgIpc) is 2.42. The third-order valence-corrected chi connectivity index (χ3v) is 4.15. The van der Waals surface area contributed by atoms with Gasteiger partial charge in [-0.2, -0.15) is 0 Å². The fraction of sp³-hybridized carbons (Fsp3) is 0.250. The summed E-state index contributed by atoms with van der Waals surface area (Å²) in [4.78, 5) is 0. The lowest BCUT2D eigenvalue weighted by atomic mass is 10.0. The maximum Gasteiger partial charge on any atom is 0.123 e. The van der Waals surface area contributed by atoms with Gasteiger partial charge in [-0.05, 0) is 43.2 Å². The minimum Gasteiger partial charge on any atom is -0.304 e. The van der Waals surface area contributed by atoms with Gasteiger partial charge in [-0.25, -0.2) is 4.39 Å². The smallest absolute Gasteiger partial charge is 0.123 e. The molecular formula is C16H16Cl2FN. The Morgan fingerprint density at radius 3 is 2.25 bits per heavy atom. The monoisotopic (exact) mass is 311 g/mol. The van der Waals surface area contributed by atoms with Gasteiger partial charge in [0.25, 0.3) is 0 Å². The second-order valence-corrected chi connectivity index (χ2v) is 5.59. The first-order chi connectivity index (χ1) is 9.49. The van der Waals surface area contributed by atoms with Crippen LogP contribution in [0.3, 0.4) is 0 Å². The second-order valence-electron chi connectivity index (χ2n) is 4.80. The van der Waals surface area contributed by atoms with Gasteiger partial charge in [0.1, 0.15) is 5.82 Å². The SMILES string of the molecule is CC(N[C@@H](C)c1ccc(F)cc1)c1cccc(Cl)c1Cl. The van der Waals surface area contributed by atoms with Gasteiger partial charge in [0.2, 0.25) is 0 Å².